The van der Waals surface area contributed by atoms with Crippen molar-refractivity contribution in [3.63, 3.8) is 0 Å². The summed E-state index contributed by atoms with van der Waals surface area (Å²) in [5.41, 5.74) is -0.239. The van der Waals surface area contributed by atoms with E-state index in [9.17, 15) is 14.7 Å². The predicted octanol–water partition coefficient (Wildman–Crippen LogP) is 4.69. The van der Waals surface area contributed by atoms with Crippen LogP contribution < -0.4 is 0 Å². The van der Waals surface area contributed by atoms with Crippen LogP contribution in [0.5, 0.6) is 0 Å². The highest BCUT2D eigenvalue weighted by molar-refractivity contribution is 5.96. The van der Waals surface area contributed by atoms with Gasteiger partial charge in [0.15, 0.2) is 5.78 Å². The first-order chi connectivity index (χ1) is 14.4. The molecule has 4 saturated carbocycles. The number of fused-ring (bicyclic) bond motifs is 4. The molecule has 2 spiro atoms. The number of ketones is 1. The molecule has 0 aromatic carbocycles. The van der Waals surface area contributed by atoms with Crippen LogP contribution in [-0.2, 0) is 14.3 Å². The molecule has 6 aliphatic rings. The van der Waals surface area contributed by atoms with Crippen LogP contribution in [0, 0.1) is 50.7 Å². The lowest BCUT2D eigenvalue weighted by Gasteiger charge is -2.62. The minimum atomic E-state index is -0.405. The number of rotatable bonds is 0. The number of ether oxygens (including phenoxy) is 1. The Balaban J connectivity index is 1.46. The Morgan fingerprint density at radius 2 is 1.84 bits per heavy atom. The second-order valence-corrected chi connectivity index (χ2v) is 13.2. The summed E-state index contributed by atoms with van der Waals surface area (Å²) in [5.74, 6) is 1.45. The average Bonchev–Trinajstić information content (AvgIpc) is 3.30. The molecule has 0 aromatic heterocycles. The summed E-state index contributed by atoms with van der Waals surface area (Å²) in [6.45, 7) is 11.3. The van der Waals surface area contributed by atoms with Gasteiger partial charge in [0.1, 0.15) is 6.10 Å². The normalized spacial score (nSPS) is 58.8. The minimum Gasteiger partial charge on any atom is -0.462 e. The second-order valence-electron chi connectivity index (χ2n) is 13.2. The first-order valence-corrected chi connectivity index (χ1v) is 12.5. The van der Waals surface area contributed by atoms with Gasteiger partial charge in [0, 0.05) is 17.8 Å². The zero-order valence-corrected chi connectivity index (χ0v) is 19.7. The van der Waals surface area contributed by atoms with E-state index in [0.717, 1.165) is 32.1 Å². The molecule has 4 heteroatoms. The fraction of sp³-hybridized carbons (Fsp3) is 0.852. The Labute approximate surface area is 186 Å². The highest BCUT2D eigenvalue weighted by atomic mass is 16.5. The summed E-state index contributed by atoms with van der Waals surface area (Å²) in [5, 5.41) is 11.7. The highest BCUT2D eigenvalue weighted by Gasteiger charge is 2.84. The summed E-state index contributed by atoms with van der Waals surface area (Å²) in [6.07, 6.45) is 10.1. The quantitative estimate of drug-likeness (QED) is 0.571. The molecule has 1 N–H and O–H groups in total. The van der Waals surface area contributed by atoms with E-state index in [0.29, 0.717) is 24.7 Å². The van der Waals surface area contributed by atoms with Crippen LogP contribution in [0.4, 0.5) is 0 Å². The zero-order valence-electron chi connectivity index (χ0n) is 19.7. The van der Waals surface area contributed by atoms with Gasteiger partial charge in [-0.1, -0.05) is 40.7 Å². The molecule has 10 atom stereocenters. The third-order valence-corrected chi connectivity index (χ3v) is 12.1. The molecular weight excluding hydrogens is 388 g/mol. The molecule has 1 heterocycles. The monoisotopic (exact) mass is 426 g/mol. The maximum atomic E-state index is 12.7. The molecule has 10 unspecified atom stereocenters. The van der Waals surface area contributed by atoms with Crippen molar-refractivity contribution in [3.05, 3.63) is 12.2 Å². The van der Waals surface area contributed by atoms with Gasteiger partial charge in [-0.15, -0.1) is 0 Å². The molecule has 0 amide bonds. The van der Waals surface area contributed by atoms with Gasteiger partial charge in [0.25, 0.3) is 0 Å². The van der Waals surface area contributed by atoms with E-state index in [1.54, 1.807) is 0 Å². The number of hydrogen-bond acceptors (Lipinski definition) is 4. The van der Waals surface area contributed by atoms with Gasteiger partial charge < -0.3 is 9.84 Å². The van der Waals surface area contributed by atoms with Crippen molar-refractivity contribution >= 4 is 11.8 Å². The number of aliphatic hydroxyl groups excluding tert-OH is 1. The van der Waals surface area contributed by atoms with Gasteiger partial charge in [-0.2, -0.15) is 0 Å². The van der Waals surface area contributed by atoms with Crippen LogP contribution in [-0.4, -0.2) is 29.1 Å². The van der Waals surface area contributed by atoms with E-state index in [4.69, 9.17) is 4.74 Å². The third kappa shape index (κ3) is 2.08. The number of aliphatic hydroxyl groups is 1. The van der Waals surface area contributed by atoms with Gasteiger partial charge in [0.2, 0.25) is 0 Å². The van der Waals surface area contributed by atoms with Gasteiger partial charge in [-0.05, 0) is 84.0 Å². The summed E-state index contributed by atoms with van der Waals surface area (Å²) in [6, 6.07) is 0. The standard InChI is InChI=1S/C27H38O4/c1-15-6-7-20(30)31-17-13-25(5)22-16(28)12-18-23(2,3)19(29)8-9-26(18)14-27(22,26)11-10-24(25,4)21(15)17/h8-9,15-18,21-22,28H,6-7,10-14H2,1-5H3. The van der Waals surface area contributed by atoms with E-state index in [2.05, 4.69) is 40.7 Å². The molecule has 1 aliphatic heterocycles. The third-order valence-electron chi connectivity index (χ3n) is 12.1. The average molecular weight is 427 g/mol. The van der Waals surface area contributed by atoms with E-state index < -0.39 is 11.5 Å². The maximum absolute atomic E-state index is 12.7. The van der Waals surface area contributed by atoms with Crippen molar-refractivity contribution in [1.29, 1.82) is 0 Å². The van der Waals surface area contributed by atoms with Crippen molar-refractivity contribution in [2.24, 2.45) is 50.7 Å². The van der Waals surface area contributed by atoms with Crippen LogP contribution in [0.2, 0.25) is 0 Å². The number of carbonyl (C=O) groups is 2. The fourth-order valence-corrected chi connectivity index (χ4v) is 10.6. The second kappa shape index (κ2) is 5.66. The van der Waals surface area contributed by atoms with E-state index >= 15 is 0 Å². The highest BCUT2D eigenvalue weighted by Crippen LogP contribution is 2.88. The minimum absolute atomic E-state index is 0.0188. The Morgan fingerprint density at radius 1 is 1.10 bits per heavy atom. The van der Waals surface area contributed by atoms with Crippen LogP contribution in [0.3, 0.4) is 0 Å². The Kier molecular flexibility index (Phi) is 3.73. The Morgan fingerprint density at radius 3 is 2.58 bits per heavy atom. The van der Waals surface area contributed by atoms with Gasteiger partial charge in [-0.25, -0.2) is 0 Å². The smallest absolute Gasteiger partial charge is 0.306 e. The Hall–Kier alpha value is -1.16. The van der Waals surface area contributed by atoms with Crippen molar-refractivity contribution < 1.29 is 19.4 Å². The maximum Gasteiger partial charge on any atom is 0.306 e. The first kappa shape index (κ1) is 20.4. The number of esters is 1. The predicted molar refractivity (Wildman–Crippen MR) is 117 cm³/mol. The van der Waals surface area contributed by atoms with Crippen molar-refractivity contribution in [2.75, 3.05) is 0 Å². The molecule has 170 valence electrons. The molecule has 1 saturated heterocycles. The summed E-state index contributed by atoms with van der Waals surface area (Å²) >= 11 is 0. The summed E-state index contributed by atoms with van der Waals surface area (Å²) in [7, 11) is 0. The van der Waals surface area contributed by atoms with E-state index in [-0.39, 0.29) is 51.4 Å². The first-order valence-electron chi connectivity index (χ1n) is 12.5. The van der Waals surface area contributed by atoms with Gasteiger partial charge in [0.05, 0.1) is 6.10 Å². The number of allylic oxidation sites excluding steroid dienone is 2. The van der Waals surface area contributed by atoms with Crippen LogP contribution in [0.15, 0.2) is 12.2 Å². The summed E-state index contributed by atoms with van der Waals surface area (Å²) < 4.78 is 6.06. The number of hydrogen-bond donors (Lipinski definition) is 1. The van der Waals surface area contributed by atoms with Crippen LogP contribution in [0.25, 0.3) is 0 Å². The van der Waals surface area contributed by atoms with Crippen molar-refractivity contribution in [3.8, 4) is 0 Å². The lowest BCUT2D eigenvalue weighted by Crippen LogP contribution is -2.60. The largest absolute Gasteiger partial charge is 0.462 e. The molecule has 0 bridgehead atoms. The lowest BCUT2D eigenvalue weighted by atomic mass is 9.42. The summed E-state index contributed by atoms with van der Waals surface area (Å²) in [4.78, 5) is 25.1. The van der Waals surface area contributed by atoms with E-state index in [1.165, 1.54) is 0 Å². The van der Waals surface area contributed by atoms with Gasteiger partial charge in [-0.3, -0.25) is 9.59 Å². The van der Waals surface area contributed by atoms with Gasteiger partial charge >= 0.3 is 5.97 Å². The van der Waals surface area contributed by atoms with Crippen molar-refractivity contribution in [1.82, 2.24) is 0 Å². The molecule has 5 fully saturated rings. The van der Waals surface area contributed by atoms with E-state index in [1.807, 2.05) is 6.08 Å². The molecule has 6 rings (SSSR count). The number of carbonyl (C=O) groups excluding carboxylic acids is 2. The Bertz CT molecular complexity index is 905. The molecule has 0 radical (unpaired) electrons. The topological polar surface area (TPSA) is 63.6 Å². The molecule has 0 aromatic rings. The molecule has 31 heavy (non-hydrogen) atoms. The molecule has 4 nitrogen and oxygen atoms in total. The zero-order chi connectivity index (χ0) is 22.2. The lowest BCUT2D eigenvalue weighted by molar-refractivity contribution is -0.177. The van der Waals surface area contributed by atoms with Crippen molar-refractivity contribution in [2.45, 2.75) is 91.8 Å². The molecular formula is C27H38O4. The SMILES string of the molecule is CC1CCC(=O)OC2CC3(C)C4C(O)CC5C(C)(C)C(=O)C=CC56CC46CCC3(C)C12. The fourth-order valence-electron chi connectivity index (χ4n) is 10.6. The molecule has 5 aliphatic carbocycles. The van der Waals surface area contributed by atoms with Crippen LogP contribution >= 0.6 is 0 Å². The van der Waals surface area contributed by atoms with Crippen LogP contribution in [0.1, 0.15) is 79.6 Å².